The van der Waals surface area contributed by atoms with Crippen LogP contribution >= 0.6 is 0 Å². The van der Waals surface area contributed by atoms with E-state index in [9.17, 15) is 9.18 Å². The van der Waals surface area contributed by atoms with E-state index in [1.807, 2.05) is 4.90 Å². The lowest BCUT2D eigenvalue weighted by molar-refractivity contribution is -0.742. The van der Waals surface area contributed by atoms with Crippen LogP contribution in [0.5, 0.6) is 0 Å². The standard InChI is InChI=1S/C13H14FN3O.HNO3/c14-10-7-9-11(16-2-1-13(9)18)8-12(10)17-5-3-15-4-6-17;2-1(3)4/h1-2,7-8,15H,3-6H2,(H,16,18);(H,2,3,4). The number of hydrogen-bond acceptors (Lipinski definition) is 5. The number of aromatic amines is 1. The highest BCUT2D eigenvalue weighted by Crippen LogP contribution is 2.23. The topological polar surface area (TPSA) is 111 Å². The smallest absolute Gasteiger partial charge is 0.291 e. The molecule has 0 spiro atoms. The number of rotatable bonds is 1. The Labute approximate surface area is 124 Å². The number of benzene rings is 1. The Bertz CT molecular complexity index is 724. The maximum atomic E-state index is 14.1. The second-order valence-corrected chi connectivity index (χ2v) is 4.67. The van der Waals surface area contributed by atoms with E-state index in [0.717, 1.165) is 26.2 Å². The van der Waals surface area contributed by atoms with Gasteiger partial charge in [-0.25, -0.2) is 4.39 Å². The van der Waals surface area contributed by atoms with Gasteiger partial charge in [-0.3, -0.25) is 4.79 Å². The van der Waals surface area contributed by atoms with Crippen LogP contribution in [0, 0.1) is 15.9 Å². The Kier molecular flexibility index (Phi) is 4.89. The van der Waals surface area contributed by atoms with Crippen LogP contribution in [0.1, 0.15) is 0 Å². The molecule has 118 valence electrons. The van der Waals surface area contributed by atoms with Crippen molar-refractivity contribution in [3.05, 3.63) is 50.6 Å². The fourth-order valence-electron chi connectivity index (χ4n) is 2.33. The average molecular weight is 310 g/mol. The Morgan fingerprint density at radius 1 is 1.32 bits per heavy atom. The predicted octanol–water partition coefficient (Wildman–Crippen LogP) is 0.729. The largest absolute Gasteiger partial charge is 0.367 e. The van der Waals surface area contributed by atoms with Gasteiger partial charge in [0, 0.05) is 43.8 Å². The summed E-state index contributed by atoms with van der Waals surface area (Å²) in [5.74, 6) is -0.332. The molecule has 2 aromatic rings. The quantitative estimate of drug-likeness (QED) is 0.529. The highest BCUT2D eigenvalue weighted by molar-refractivity contribution is 5.82. The van der Waals surface area contributed by atoms with Gasteiger partial charge < -0.3 is 20.4 Å². The third kappa shape index (κ3) is 3.70. The summed E-state index contributed by atoms with van der Waals surface area (Å²) < 4.78 is 14.1. The zero-order valence-electron chi connectivity index (χ0n) is 11.6. The van der Waals surface area contributed by atoms with Crippen molar-refractivity contribution in [2.75, 3.05) is 31.1 Å². The molecule has 0 atom stereocenters. The number of aromatic nitrogens is 1. The molecule has 8 nitrogen and oxygen atoms in total. The highest BCUT2D eigenvalue weighted by Gasteiger charge is 2.15. The van der Waals surface area contributed by atoms with Crippen LogP contribution in [0.15, 0.2) is 29.2 Å². The molecule has 0 saturated carbocycles. The van der Waals surface area contributed by atoms with Gasteiger partial charge in [-0.05, 0) is 12.1 Å². The van der Waals surface area contributed by atoms with E-state index in [4.69, 9.17) is 15.3 Å². The molecule has 22 heavy (non-hydrogen) atoms. The molecule has 9 heteroatoms. The molecule has 3 N–H and O–H groups in total. The molecular weight excluding hydrogens is 295 g/mol. The normalized spacial score (nSPS) is 14.3. The molecule has 0 unspecified atom stereocenters. The minimum atomic E-state index is -1.50. The molecule has 1 fully saturated rings. The second kappa shape index (κ2) is 6.85. The first-order valence-corrected chi connectivity index (χ1v) is 6.59. The second-order valence-electron chi connectivity index (χ2n) is 4.67. The average Bonchev–Trinajstić information content (AvgIpc) is 2.48. The van der Waals surface area contributed by atoms with Gasteiger partial charge in [-0.15, -0.1) is 10.1 Å². The van der Waals surface area contributed by atoms with Crippen LogP contribution in [-0.4, -0.2) is 41.5 Å². The van der Waals surface area contributed by atoms with Crippen molar-refractivity contribution in [2.24, 2.45) is 0 Å². The fourth-order valence-corrected chi connectivity index (χ4v) is 2.33. The number of nitrogens with zero attached hydrogens (tertiary/aromatic N) is 2. The first kappa shape index (κ1) is 15.7. The van der Waals surface area contributed by atoms with E-state index in [2.05, 4.69) is 10.3 Å². The zero-order chi connectivity index (χ0) is 16.1. The molecule has 1 saturated heterocycles. The zero-order valence-corrected chi connectivity index (χ0v) is 11.6. The molecular formula is C13H15FN4O4. The Balaban J connectivity index is 0.000000396. The molecule has 1 aliphatic heterocycles. The number of hydrogen-bond donors (Lipinski definition) is 3. The van der Waals surface area contributed by atoms with Gasteiger partial charge in [0.1, 0.15) is 5.82 Å². The number of pyridine rings is 1. The Morgan fingerprint density at radius 3 is 2.59 bits per heavy atom. The van der Waals surface area contributed by atoms with Crippen molar-refractivity contribution in [3.8, 4) is 0 Å². The SMILES string of the molecule is O=[N+]([O-])O.O=c1cc[nH]c2cc(N3CCNCC3)c(F)cc12. The Hall–Kier alpha value is -2.68. The molecule has 0 bridgehead atoms. The van der Waals surface area contributed by atoms with Crippen LogP contribution in [0.4, 0.5) is 10.1 Å². The Morgan fingerprint density at radius 2 is 1.95 bits per heavy atom. The van der Waals surface area contributed by atoms with Gasteiger partial charge in [0.05, 0.1) is 11.2 Å². The van der Waals surface area contributed by atoms with Gasteiger partial charge >= 0.3 is 0 Å². The first-order valence-electron chi connectivity index (χ1n) is 6.59. The number of fused-ring (bicyclic) bond motifs is 1. The van der Waals surface area contributed by atoms with Crippen molar-refractivity contribution in [2.45, 2.75) is 0 Å². The van der Waals surface area contributed by atoms with Crippen molar-refractivity contribution >= 4 is 16.6 Å². The van der Waals surface area contributed by atoms with Gasteiger partial charge in [0.2, 0.25) is 0 Å². The number of anilines is 1. The molecule has 0 radical (unpaired) electrons. The summed E-state index contributed by atoms with van der Waals surface area (Å²) in [4.78, 5) is 25.0. The predicted molar refractivity (Wildman–Crippen MR) is 78.4 cm³/mol. The third-order valence-electron chi connectivity index (χ3n) is 3.28. The van der Waals surface area contributed by atoms with Crippen LogP contribution in [0.25, 0.3) is 10.9 Å². The molecule has 1 aliphatic rings. The van der Waals surface area contributed by atoms with Crippen molar-refractivity contribution in [3.63, 3.8) is 0 Å². The van der Waals surface area contributed by atoms with Gasteiger partial charge in [-0.2, -0.15) is 0 Å². The summed E-state index contributed by atoms with van der Waals surface area (Å²) in [5, 5.41) is 17.3. The summed E-state index contributed by atoms with van der Waals surface area (Å²) in [6.45, 7) is 3.25. The van der Waals surface area contributed by atoms with E-state index in [0.29, 0.717) is 16.6 Å². The van der Waals surface area contributed by atoms with Crippen molar-refractivity contribution < 1.29 is 14.7 Å². The molecule has 3 rings (SSSR count). The van der Waals surface area contributed by atoms with Crippen LogP contribution in [0.3, 0.4) is 0 Å². The van der Waals surface area contributed by atoms with Crippen molar-refractivity contribution in [1.29, 1.82) is 0 Å². The summed E-state index contributed by atoms with van der Waals surface area (Å²) in [6, 6.07) is 4.45. The van der Waals surface area contributed by atoms with Crippen LogP contribution in [-0.2, 0) is 0 Å². The third-order valence-corrected chi connectivity index (χ3v) is 3.28. The number of H-pyrrole nitrogens is 1. The number of piperazine rings is 1. The summed E-state index contributed by atoms with van der Waals surface area (Å²) in [7, 11) is 0. The lowest BCUT2D eigenvalue weighted by atomic mass is 10.1. The fraction of sp³-hybridized carbons (Fsp3) is 0.308. The maximum absolute atomic E-state index is 14.1. The molecule has 0 amide bonds. The minimum absolute atomic E-state index is 0.158. The lowest BCUT2D eigenvalue weighted by Gasteiger charge is -2.29. The lowest BCUT2D eigenvalue weighted by Crippen LogP contribution is -2.43. The van der Waals surface area contributed by atoms with Gasteiger partial charge in [0.15, 0.2) is 5.43 Å². The number of nitrogens with one attached hydrogen (secondary N) is 2. The van der Waals surface area contributed by atoms with Gasteiger partial charge in [0.25, 0.3) is 5.09 Å². The van der Waals surface area contributed by atoms with Gasteiger partial charge in [-0.1, -0.05) is 0 Å². The minimum Gasteiger partial charge on any atom is -0.367 e. The molecule has 1 aromatic carbocycles. The van der Waals surface area contributed by atoms with E-state index >= 15 is 0 Å². The number of halogens is 1. The van der Waals surface area contributed by atoms with Crippen LogP contribution in [0.2, 0.25) is 0 Å². The molecule has 0 aliphatic carbocycles. The van der Waals surface area contributed by atoms with E-state index in [-0.39, 0.29) is 11.2 Å². The van der Waals surface area contributed by atoms with E-state index < -0.39 is 5.09 Å². The molecule has 1 aromatic heterocycles. The summed E-state index contributed by atoms with van der Waals surface area (Å²) in [6.07, 6.45) is 1.59. The maximum Gasteiger partial charge on any atom is 0.291 e. The van der Waals surface area contributed by atoms with E-state index in [1.54, 1.807) is 12.3 Å². The van der Waals surface area contributed by atoms with Crippen molar-refractivity contribution in [1.82, 2.24) is 10.3 Å². The van der Waals surface area contributed by atoms with Crippen LogP contribution < -0.4 is 15.6 Å². The summed E-state index contributed by atoms with van der Waals surface area (Å²) >= 11 is 0. The van der Waals surface area contributed by atoms with E-state index in [1.165, 1.54) is 12.1 Å². The highest BCUT2D eigenvalue weighted by atomic mass is 19.1. The summed E-state index contributed by atoms with van der Waals surface area (Å²) in [5.41, 5.74) is 1.08. The molecule has 2 heterocycles. The first-order chi connectivity index (χ1) is 10.5. The monoisotopic (exact) mass is 310 g/mol.